The zero-order valence-corrected chi connectivity index (χ0v) is 13.1. The molecule has 6 heteroatoms. The van der Waals surface area contributed by atoms with Crippen LogP contribution in [0.15, 0.2) is 0 Å². The molecule has 0 fully saturated rings. The summed E-state index contributed by atoms with van der Waals surface area (Å²) < 4.78 is 12.2. The number of hydrogen-bond acceptors (Lipinski definition) is 5. The summed E-state index contributed by atoms with van der Waals surface area (Å²) in [6.45, 7) is 12.1. The van der Waals surface area contributed by atoms with Gasteiger partial charge in [0.2, 0.25) is 0 Å². The van der Waals surface area contributed by atoms with Crippen LogP contribution in [-0.2, 0) is 21.4 Å². The Morgan fingerprint density at radius 1 is 1.25 bits per heavy atom. The average molecular weight is 283 g/mol. The Kier molecular flexibility index (Phi) is 6.13. The van der Waals surface area contributed by atoms with Gasteiger partial charge in [0.15, 0.2) is 5.69 Å². The maximum Gasteiger partial charge on any atom is 0.360 e. The van der Waals surface area contributed by atoms with Crippen molar-refractivity contribution in [3.63, 3.8) is 0 Å². The number of ether oxygens (including phenoxy) is 2. The van der Waals surface area contributed by atoms with Crippen molar-refractivity contribution in [3.05, 3.63) is 11.4 Å². The van der Waals surface area contributed by atoms with Crippen molar-refractivity contribution in [1.29, 1.82) is 0 Å². The first-order valence-electron chi connectivity index (χ1n) is 7.10. The molecular formula is C14H25N3O3. The Bertz CT molecular complexity index is 435. The molecule has 0 saturated carbocycles. The Labute approximate surface area is 120 Å². The van der Waals surface area contributed by atoms with Crippen LogP contribution in [0.3, 0.4) is 0 Å². The van der Waals surface area contributed by atoms with Crippen molar-refractivity contribution < 1.29 is 14.3 Å². The van der Waals surface area contributed by atoms with Crippen molar-refractivity contribution in [2.75, 3.05) is 19.8 Å². The van der Waals surface area contributed by atoms with Crippen molar-refractivity contribution in [3.8, 4) is 0 Å². The van der Waals surface area contributed by atoms with E-state index in [1.807, 2.05) is 20.8 Å². The SMILES string of the molecule is CCCOCCn1nnc(C(=O)OCC)c1C(C)(C)C. The normalized spacial score (nSPS) is 11.7. The Morgan fingerprint density at radius 2 is 1.95 bits per heavy atom. The molecule has 0 aliphatic heterocycles. The fourth-order valence-electron chi connectivity index (χ4n) is 1.95. The quantitative estimate of drug-likeness (QED) is 0.567. The molecule has 0 amide bonds. The fraction of sp³-hybridized carbons (Fsp3) is 0.786. The van der Waals surface area contributed by atoms with Crippen LogP contribution < -0.4 is 0 Å². The first-order chi connectivity index (χ1) is 9.41. The summed E-state index contributed by atoms with van der Waals surface area (Å²) in [5.74, 6) is -0.418. The molecule has 1 heterocycles. The topological polar surface area (TPSA) is 66.2 Å². The summed E-state index contributed by atoms with van der Waals surface area (Å²) in [6, 6.07) is 0. The number of hydrogen-bond donors (Lipinski definition) is 0. The third-order valence-electron chi connectivity index (χ3n) is 2.71. The lowest BCUT2D eigenvalue weighted by molar-refractivity contribution is 0.0516. The predicted molar refractivity (Wildman–Crippen MR) is 75.8 cm³/mol. The standard InChI is InChI=1S/C14H25N3O3/c1-6-9-19-10-8-17-12(14(3,4)5)11(15-16-17)13(18)20-7-2/h6-10H2,1-5H3. The highest BCUT2D eigenvalue weighted by atomic mass is 16.5. The third kappa shape index (κ3) is 4.30. The Morgan fingerprint density at radius 3 is 2.50 bits per heavy atom. The second kappa shape index (κ2) is 7.38. The number of esters is 1. The van der Waals surface area contributed by atoms with Crippen LogP contribution in [0, 0.1) is 0 Å². The van der Waals surface area contributed by atoms with Gasteiger partial charge in [0.05, 0.1) is 25.5 Å². The molecule has 0 bridgehead atoms. The van der Waals surface area contributed by atoms with Gasteiger partial charge in [-0.05, 0) is 13.3 Å². The van der Waals surface area contributed by atoms with E-state index in [-0.39, 0.29) is 5.41 Å². The number of carbonyl (C=O) groups is 1. The van der Waals surface area contributed by atoms with Gasteiger partial charge >= 0.3 is 5.97 Å². The number of aromatic nitrogens is 3. The summed E-state index contributed by atoms with van der Waals surface area (Å²) in [4.78, 5) is 11.9. The molecule has 0 aliphatic rings. The molecule has 1 aromatic rings. The van der Waals surface area contributed by atoms with Crippen molar-refractivity contribution >= 4 is 5.97 Å². The molecule has 0 spiro atoms. The molecule has 114 valence electrons. The summed E-state index contributed by atoms with van der Waals surface area (Å²) in [7, 11) is 0. The Balaban J connectivity index is 2.92. The molecule has 0 radical (unpaired) electrons. The highest BCUT2D eigenvalue weighted by molar-refractivity contribution is 5.88. The predicted octanol–water partition coefficient (Wildman–Crippen LogP) is 2.18. The zero-order valence-electron chi connectivity index (χ0n) is 13.1. The molecule has 1 rings (SSSR count). The first-order valence-corrected chi connectivity index (χ1v) is 7.10. The molecule has 0 saturated heterocycles. The summed E-state index contributed by atoms with van der Waals surface area (Å²) >= 11 is 0. The Hall–Kier alpha value is -1.43. The minimum Gasteiger partial charge on any atom is -0.461 e. The van der Waals surface area contributed by atoms with Gasteiger partial charge in [0, 0.05) is 12.0 Å². The highest BCUT2D eigenvalue weighted by Gasteiger charge is 2.29. The van der Waals surface area contributed by atoms with Gasteiger partial charge in [0.25, 0.3) is 0 Å². The lowest BCUT2D eigenvalue weighted by Crippen LogP contribution is -2.23. The van der Waals surface area contributed by atoms with Crippen LogP contribution in [0.1, 0.15) is 57.2 Å². The maximum atomic E-state index is 11.9. The first kappa shape index (κ1) is 16.6. The summed E-state index contributed by atoms with van der Waals surface area (Å²) in [5, 5.41) is 8.05. The van der Waals surface area contributed by atoms with E-state index in [0.717, 1.165) is 18.7 Å². The van der Waals surface area contributed by atoms with Gasteiger partial charge in [0.1, 0.15) is 0 Å². The van der Waals surface area contributed by atoms with E-state index in [2.05, 4.69) is 17.2 Å². The van der Waals surface area contributed by atoms with Crippen LogP contribution in [0.2, 0.25) is 0 Å². The van der Waals surface area contributed by atoms with Crippen molar-refractivity contribution in [2.24, 2.45) is 0 Å². The molecule has 0 aliphatic carbocycles. The number of rotatable bonds is 7. The molecular weight excluding hydrogens is 258 g/mol. The largest absolute Gasteiger partial charge is 0.461 e. The minimum absolute atomic E-state index is 0.240. The number of nitrogens with zero attached hydrogens (tertiary/aromatic N) is 3. The van der Waals surface area contributed by atoms with Gasteiger partial charge in [-0.3, -0.25) is 0 Å². The minimum atomic E-state index is -0.418. The van der Waals surface area contributed by atoms with Gasteiger partial charge in [-0.15, -0.1) is 5.10 Å². The van der Waals surface area contributed by atoms with Crippen LogP contribution in [0.25, 0.3) is 0 Å². The van der Waals surface area contributed by atoms with Crippen LogP contribution in [0.5, 0.6) is 0 Å². The van der Waals surface area contributed by atoms with Gasteiger partial charge in [-0.2, -0.15) is 0 Å². The molecule has 0 aromatic carbocycles. The summed E-state index contributed by atoms with van der Waals surface area (Å²) in [5.41, 5.74) is 0.849. The average Bonchev–Trinajstić information content (AvgIpc) is 2.79. The second-order valence-corrected chi connectivity index (χ2v) is 5.59. The highest BCUT2D eigenvalue weighted by Crippen LogP contribution is 2.25. The number of carbonyl (C=O) groups excluding carboxylic acids is 1. The van der Waals surface area contributed by atoms with Gasteiger partial charge in [-0.25, -0.2) is 9.48 Å². The van der Waals surface area contributed by atoms with Crippen molar-refractivity contribution in [2.45, 2.75) is 53.0 Å². The third-order valence-corrected chi connectivity index (χ3v) is 2.71. The van der Waals surface area contributed by atoms with Crippen LogP contribution in [0.4, 0.5) is 0 Å². The van der Waals surface area contributed by atoms with Gasteiger partial charge in [-0.1, -0.05) is 32.9 Å². The lowest BCUT2D eigenvalue weighted by atomic mass is 9.90. The smallest absolute Gasteiger partial charge is 0.360 e. The molecule has 6 nitrogen and oxygen atoms in total. The van der Waals surface area contributed by atoms with E-state index in [1.165, 1.54) is 0 Å². The van der Waals surface area contributed by atoms with E-state index < -0.39 is 5.97 Å². The zero-order chi connectivity index (χ0) is 15.2. The molecule has 0 atom stereocenters. The fourth-order valence-corrected chi connectivity index (χ4v) is 1.95. The van der Waals surface area contributed by atoms with E-state index in [9.17, 15) is 4.79 Å². The summed E-state index contributed by atoms with van der Waals surface area (Å²) in [6.07, 6.45) is 0.984. The van der Waals surface area contributed by atoms with E-state index in [4.69, 9.17) is 9.47 Å². The molecule has 0 N–H and O–H groups in total. The lowest BCUT2D eigenvalue weighted by Gasteiger charge is -2.20. The van der Waals surface area contributed by atoms with E-state index in [1.54, 1.807) is 11.6 Å². The molecule has 1 aromatic heterocycles. The monoisotopic (exact) mass is 283 g/mol. The van der Waals surface area contributed by atoms with Crippen LogP contribution >= 0.6 is 0 Å². The molecule has 0 unspecified atom stereocenters. The van der Waals surface area contributed by atoms with E-state index >= 15 is 0 Å². The second-order valence-electron chi connectivity index (χ2n) is 5.59. The van der Waals surface area contributed by atoms with E-state index in [0.29, 0.717) is 25.5 Å². The molecule has 20 heavy (non-hydrogen) atoms. The van der Waals surface area contributed by atoms with Gasteiger partial charge < -0.3 is 9.47 Å². The maximum absolute atomic E-state index is 11.9. The van der Waals surface area contributed by atoms with Crippen molar-refractivity contribution in [1.82, 2.24) is 15.0 Å². The van der Waals surface area contributed by atoms with Crippen LogP contribution in [-0.4, -0.2) is 40.8 Å².